The number of fused-ring (bicyclic) bond motifs is 2. The minimum absolute atomic E-state index is 0.00751. The van der Waals surface area contributed by atoms with Crippen LogP contribution in [0.2, 0.25) is 0 Å². The predicted octanol–water partition coefficient (Wildman–Crippen LogP) is 8.15. The van der Waals surface area contributed by atoms with Crippen LogP contribution in [0.3, 0.4) is 0 Å². The molecule has 3 aromatic rings. The van der Waals surface area contributed by atoms with Crippen LogP contribution in [0.25, 0.3) is 0 Å². The highest BCUT2D eigenvalue weighted by Crippen LogP contribution is 2.62. The summed E-state index contributed by atoms with van der Waals surface area (Å²) in [6.45, 7) is 5.92. The van der Waals surface area contributed by atoms with Gasteiger partial charge in [0.2, 0.25) is 5.79 Å². The molecule has 3 aliphatic rings. The lowest BCUT2D eigenvalue weighted by Crippen LogP contribution is -2.69. The number of amides is 2. The van der Waals surface area contributed by atoms with E-state index in [0.717, 1.165) is 24.0 Å². The van der Waals surface area contributed by atoms with Gasteiger partial charge in [-0.15, -0.1) is 6.58 Å². The molecule has 3 N–H and O–H groups in total. The van der Waals surface area contributed by atoms with Crippen LogP contribution in [0.5, 0.6) is 23.0 Å². The third kappa shape index (κ3) is 10.4. The van der Waals surface area contributed by atoms with E-state index in [1.165, 1.54) is 31.3 Å². The summed E-state index contributed by atoms with van der Waals surface area (Å²) in [5.41, 5.74) is 3.06. The number of nitro groups is 1. The number of unbranched alkanes of at least 4 members (excludes halogenated alkanes) is 2. The molecule has 3 aromatic carbocycles. The summed E-state index contributed by atoms with van der Waals surface area (Å²) in [4.78, 5) is 45.6. The summed E-state index contributed by atoms with van der Waals surface area (Å²) >= 11 is 0. The minimum Gasteiger partial charge on any atom is -0.497 e. The number of aliphatic hydroxyl groups excluding tert-OH is 2. The van der Waals surface area contributed by atoms with Crippen LogP contribution in [0.4, 0.5) is 21.0 Å². The number of oxime groups is 1. The molecule has 6 rings (SSSR count). The summed E-state index contributed by atoms with van der Waals surface area (Å²) in [6.07, 6.45) is 6.61. The van der Waals surface area contributed by atoms with Crippen LogP contribution < -0.4 is 24.3 Å². The van der Waals surface area contributed by atoms with Crippen molar-refractivity contribution in [3.8, 4) is 23.0 Å². The zero-order chi connectivity index (χ0) is 45.8. The summed E-state index contributed by atoms with van der Waals surface area (Å²) in [5, 5.41) is 38.6. The van der Waals surface area contributed by atoms with Gasteiger partial charge in [0.05, 0.1) is 49.7 Å². The fraction of sp³-hybridized carbons (Fsp3) is 0.468. The van der Waals surface area contributed by atoms with E-state index in [-0.39, 0.29) is 62.7 Å². The number of nitro benzene ring substituents is 1. The summed E-state index contributed by atoms with van der Waals surface area (Å²) in [7, 11) is 4.64. The fourth-order valence-electron chi connectivity index (χ4n) is 9.19. The Kier molecular flexibility index (Phi) is 16.2. The molecule has 17 heteroatoms. The number of hydrogen-bond acceptors (Lipinski definition) is 14. The lowest BCUT2D eigenvalue weighted by molar-refractivity contribution is -0.384. The highest BCUT2D eigenvalue weighted by atomic mass is 16.7. The van der Waals surface area contributed by atoms with E-state index in [9.17, 15) is 29.9 Å². The van der Waals surface area contributed by atoms with Crippen LogP contribution in [0.1, 0.15) is 68.9 Å². The Morgan fingerprint density at radius 3 is 2.42 bits per heavy atom. The van der Waals surface area contributed by atoms with Gasteiger partial charge in [0.25, 0.3) is 5.69 Å². The second-order valence-corrected chi connectivity index (χ2v) is 15.9. The van der Waals surface area contributed by atoms with Gasteiger partial charge in [-0.25, -0.2) is 9.59 Å². The van der Waals surface area contributed by atoms with E-state index in [0.29, 0.717) is 59.9 Å². The molecular formula is C47H58N4O13. The van der Waals surface area contributed by atoms with Crippen LogP contribution >= 0.6 is 0 Å². The largest absolute Gasteiger partial charge is 0.497 e. The number of carbonyl (C=O) groups excluding carboxylic acids is 2. The predicted molar refractivity (Wildman–Crippen MR) is 237 cm³/mol. The first kappa shape index (κ1) is 47.3. The van der Waals surface area contributed by atoms with Crippen molar-refractivity contribution in [3.63, 3.8) is 0 Å². The topological polar surface area (TPSA) is 210 Å². The molecule has 0 aromatic heterocycles. The molecule has 0 saturated heterocycles. The molecule has 1 aliphatic heterocycles. The number of likely N-dealkylation sites (N-methyl/N-ethyl adjacent to an activating group) is 1. The van der Waals surface area contributed by atoms with E-state index in [1.807, 2.05) is 0 Å². The number of benzene rings is 3. The summed E-state index contributed by atoms with van der Waals surface area (Å²) in [6, 6.07) is 15.3. The van der Waals surface area contributed by atoms with E-state index in [2.05, 4.69) is 18.0 Å². The zero-order valence-corrected chi connectivity index (χ0v) is 36.7. The van der Waals surface area contributed by atoms with Gasteiger partial charge >= 0.3 is 12.2 Å². The highest BCUT2D eigenvalue weighted by Gasteiger charge is 2.65. The molecule has 17 nitrogen and oxygen atoms in total. The van der Waals surface area contributed by atoms with Crippen molar-refractivity contribution in [2.75, 3.05) is 53.0 Å². The van der Waals surface area contributed by atoms with Crippen LogP contribution in [-0.2, 0) is 20.9 Å². The first-order chi connectivity index (χ1) is 31.0. The number of non-ortho nitro benzene ring substituents is 1. The third-order valence-electron chi connectivity index (χ3n) is 12.1. The zero-order valence-electron chi connectivity index (χ0n) is 36.7. The number of anilines is 1. The Balaban J connectivity index is 1.49. The van der Waals surface area contributed by atoms with Crippen molar-refractivity contribution in [2.24, 2.45) is 22.9 Å². The molecule has 0 radical (unpaired) electrons. The maximum atomic E-state index is 13.7. The molecule has 0 unspecified atom stereocenters. The molecule has 344 valence electrons. The van der Waals surface area contributed by atoms with Crippen LogP contribution in [0.15, 0.2) is 90.1 Å². The average Bonchev–Trinajstić information content (AvgIpc) is 3.29. The fourth-order valence-corrected chi connectivity index (χ4v) is 9.19. The normalized spacial score (nSPS) is 22.4. The number of ether oxygens (including phenoxy) is 6. The standard InChI is InChI=1S/C47H58N4O13/c1-6-24-61-47-42(50(3)46(55)60-7-2)28-39(49-62-29-30-14-16-32(17-15-30)51(56)57)36-25-31(12-8-10-22-52)35(13-9-11-23-53)43(44(36)47)37-26-34(19-21-40(37)64-47)63-45(54)48-38-20-18-33(58-4)27-41(38)59-5/h6,14-21,25-27,31,35,42-44,52-53H,1,7-13,22-24,28-29H2,2-5H3,(H,48,54)/t31-,35+,42-,43+,44+,47+/m0/s1. The van der Waals surface area contributed by atoms with Crippen LogP contribution in [-0.4, -0.2) is 97.5 Å². The number of nitrogens with zero attached hydrogens (tertiary/aromatic N) is 3. The number of aliphatic hydroxyl groups is 2. The van der Waals surface area contributed by atoms with Gasteiger partial charge in [0.15, 0.2) is 0 Å². The third-order valence-corrected chi connectivity index (χ3v) is 12.1. The van der Waals surface area contributed by atoms with Crippen molar-refractivity contribution >= 4 is 29.3 Å². The number of hydrogen-bond donors (Lipinski definition) is 3. The Morgan fingerprint density at radius 1 is 1.02 bits per heavy atom. The smallest absolute Gasteiger partial charge is 0.417 e. The monoisotopic (exact) mass is 886 g/mol. The van der Waals surface area contributed by atoms with Crippen molar-refractivity contribution in [1.82, 2.24) is 4.90 Å². The van der Waals surface area contributed by atoms with Crippen molar-refractivity contribution in [3.05, 3.63) is 106 Å². The lowest BCUT2D eigenvalue weighted by Gasteiger charge is -2.59. The highest BCUT2D eigenvalue weighted by molar-refractivity contribution is 6.03. The van der Waals surface area contributed by atoms with Crippen LogP contribution in [0, 0.1) is 27.9 Å². The second kappa shape index (κ2) is 22.0. The number of carbonyl (C=O) groups is 2. The number of methoxy groups -OCH3 is 2. The van der Waals surface area contributed by atoms with Crippen molar-refractivity contribution in [2.45, 2.75) is 76.2 Å². The number of allylic oxidation sites excluding steroid dienone is 1. The van der Waals surface area contributed by atoms with E-state index < -0.39 is 40.8 Å². The molecule has 1 fully saturated rings. The maximum absolute atomic E-state index is 13.7. The van der Waals surface area contributed by atoms with Gasteiger partial charge in [0.1, 0.15) is 35.6 Å². The molecule has 6 atom stereocenters. The van der Waals surface area contributed by atoms with E-state index >= 15 is 0 Å². The quantitative estimate of drug-likeness (QED) is 0.0400. The average molecular weight is 887 g/mol. The first-order valence-corrected chi connectivity index (χ1v) is 21.6. The van der Waals surface area contributed by atoms with Gasteiger partial charge in [-0.05, 0) is 98.0 Å². The molecule has 64 heavy (non-hydrogen) atoms. The molecule has 2 aliphatic carbocycles. The summed E-state index contributed by atoms with van der Waals surface area (Å²) in [5.74, 6) is -1.05. The molecule has 2 amide bonds. The first-order valence-electron chi connectivity index (χ1n) is 21.6. The van der Waals surface area contributed by atoms with Gasteiger partial charge in [-0.2, -0.15) is 0 Å². The van der Waals surface area contributed by atoms with E-state index in [1.54, 1.807) is 68.6 Å². The Bertz CT molecular complexity index is 2180. The van der Waals surface area contributed by atoms with E-state index in [4.69, 9.17) is 38.4 Å². The SMILES string of the molecule is C=CCO[C@@]12Oc3ccc(OC(=O)Nc4ccc(OC)cc4OC)cc3[C@H]3[C@H](CCCCO)[C@@H](CCCCO)C=C(C(=NOCc4ccc([N+](=O)[O-])cc4)C[C@@H]1N(C)C(=O)OCC)[C@H]32. The van der Waals surface area contributed by atoms with Gasteiger partial charge in [-0.1, -0.05) is 30.1 Å². The Hall–Kier alpha value is -6.17. The Labute approximate surface area is 372 Å². The molecule has 0 bridgehead atoms. The van der Waals surface area contributed by atoms with Gasteiger partial charge in [-0.3, -0.25) is 15.4 Å². The molecule has 0 spiro atoms. The Morgan fingerprint density at radius 2 is 1.75 bits per heavy atom. The molecule has 1 saturated carbocycles. The maximum Gasteiger partial charge on any atom is 0.417 e. The van der Waals surface area contributed by atoms with Crippen molar-refractivity contribution in [1.29, 1.82) is 0 Å². The minimum atomic E-state index is -1.52. The molecular weight excluding hydrogens is 829 g/mol. The molecule has 1 heterocycles. The number of nitrogens with one attached hydrogen (secondary N) is 1. The van der Waals surface area contributed by atoms with Crippen molar-refractivity contribution < 1.29 is 58.0 Å². The number of rotatable bonds is 21. The van der Waals surface area contributed by atoms with Gasteiger partial charge in [0, 0.05) is 56.4 Å². The lowest BCUT2D eigenvalue weighted by atomic mass is 9.55. The van der Waals surface area contributed by atoms with Gasteiger partial charge < -0.3 is 48.4 Å². The summed E-state index contributed by atoms with van der Waals surface area (Å²) < 4.78 is 36.2. The second-order valence-electron chi connectivity index (χ2n) is 15.9.